The fraction of sp³-hybridized carbons (Fsp3) is 0.308. The Bertz CT molecular complexity index is 1040. The van der Waals surface area contributed by atoms with E-state index in [1.807, 2.05) is 54.6 Å². The van der Waals surface area contributed by atoms with E-state index in [1.54, 1.807) is 19.4 Å². The van der Waals surface area contributed by atoms with Crippen LogP contribution in [0.15, 0.2) is 66.9 Å². The predicted octanol–water partition coefficient (Wildman–Crippen LogP) is 4.16. The lowest BCUT2D eigenvalue weighted by molar-refractivity contribution is 0.0945. The Hall–Kier alpha value is -3.38. The van der Waals surface area contributed by atoms with Gasteiger partial charge in [0.05, 0.1) is 7.11 Å². The summed E-state index contributed by atoms with van der Waals surface area (Å²) in [5, 5.41) is 2.95. The van der Waals surface area contributed by atoms with Crippen LogP contribution >= 0.6 is 0 Å². The first-order valence-corrected chi connectivity index (χ1v) is 10.9. The highest BCUT2D eigenvalue weighted by molar-refractivity contribution is 5.92. The molecular weight excluding hydrogens is 402 g/mol. The van der Waals surface area contributed by atoms with Crippen molar-refractivity contribution in [3.05, 3.63) is 78.1 Å². The Morgan fingerprint density at radius 3 is 2.56 bits per heavy atom. The van der Waals surface area contributed by atoms with Crippen LogP contribution in [0.4, 0.5) is 0 Å². The van der Waals surface area contributed by atoms with E-state index in [9.17, 15) is 4.79 Å². The van der Waals surface area contributed by atoms with Crippen molar-refractivity contribution >= 4 is 5.91 Å². The number of ether oxygens (including phenoxy) is 2. The second-order valence-corrected chi connectivity index (χ2v) is 8.11. The number of carbonyl (C=O) groups excluding carboxylic acids is 1. The Morgan fingerprint density at radius 2 is 1.81 bits per heavy atom. The molecule has 1 aromatic heterocycles. The minimum absolute atomic E-state index is 0.205. The predicted molar refractivity (Wildman–Crippen MR) is 125 cm³/mol. The second kappa shape index (κ2) is 10.3. The molecule has 3 aromatic rings. The minimum Gasteiger partial charge on any atom is -0.497 e. The number of piperidine rings is 1. The van der Waals surface area contributed by atoms with Gasteiger partial charge >= 0.3 is 0 Å². The van der Waals surface area contributed by atoms with Crippen LogP contribution in [0.1, 0.15) is 28.9 Å². The molecule has 4 rings (SSSR count). The minimum atomic E-state index is -0.205. The van der Waals surface area contributed by atoms with Crippen LogP contribution in [0.3, 0.4) is 0 Å². The quantitative estimate of drug-likeness (QED) is 0.609. The van der Waals surface area contributed by atoms with Crippen LogP contribution in [0.5, 0.6) is 11.5 Å². The smallest absolute Gasteiger partial charge is 0.270 e. The molecule has 0 aliphatic carbocycles. The average Bonchev–Trinajstić information content (AvgIpc) is 2.84. The van der Waals surface area contributed by atoms with Gasteiger partial charge in [0.15, 0.2) is 0 Å². The van der Waals surface area contributed by atoms with Crippen LogP contribution in [0.2, 0.25) is 0 Å². The molecule has 32 heavy (non-hydrogen) atoms. The molecule has 0 bridgehead atoms. The summed E-state index contributed by atoms with van der Waals surface area (Å²) in [6.45, 7) is 2.54. The van der Waals surface area contributed by atoms with Gasteiger partial charge in [0.25, 0.3) is 5.91 Å². The lowest BCUT2D eigenvalue weighted by atomic mass is 10.1. The molecule has 1 N–H and O–H groups in total. The van der Waals surface area contributed by atoms with Crippen LogP contribution < -0.4 is 14.8 Å². The van der Waals surface area contributed by atoms with Crippen molar-refractivity contribution < 1.29 is 14.3 Å². The van der Waals surface area contributed by atoms with Crippen molar-refractivity contribution in [2.24, 2.45) is 0 Å². The number of nitrogens with zero attached hydrogens (tertiary/aromatic N) is 2. The molecule has 2 heterocycles. The van der Waals surface area contributed by atoms with Gasteiger partial charge in [-0.3, -0.25) is 9.78 Å². The van der Waals surface area contributed by atoms with E-state index < -0.39 is 0 Å². The molecule has 0 unspecified atom stereocenters. The maximum atomic E-state index is 12.6. The van der Waals surface area contributed by atoms with Crippen LogP contribution in [0, 0.1) is 0 Å². The Labute approximate surface area is 189 Å². The fourth-order valence-corrected chi connectivity index (χ4v) is 3.80. The highest BCUT2D eigenvalue weighted by Crippen LogP contribution is 2.23. The first kappa shape index (κ1) is 21.8. The van der Waals surface area contributed by atoms with Gasteiger partial charge in [0, 0.05) is 31.4 Å². The van der Waals surface area contributed by atoms with Gasteiger partial charge in [0.1, 0.15) is 23.3 Å². The third-order valence-electron chi connectivity index (χ3n) is 5.72. The Kier molecular flexibility index (Phi) is 7.02. The zero-order valence-corrected chi connectivity index (χ0v) is 18.6. The molecule has 0 saturated carbocycles. The maximum absolute atomic E-state index is 12.6. The number of aromatic nitrogens is 1. The SMILES string of the molecule is COc1cccc(-c2ccc(C(=O)NCc3cccc(OC4CCN(C)CC4)c3)nc2)c1. The molecule has 0 atom stereocenters. The normalized spacial score (nSPS) is 14.7. The zero-order valence-electron chi connectivity index (χ0n) is 18.6. The molecule has 6 nitrogen and oxygen atoms in total. The molecule has 1 aliphatic heterocycles. The van der Waals surface area contributed by atoms with Crippen molar-refractivity contribution in [3.63, 3.8) is 0 Å². The maximum Gasteiger partial charge on any atom is 0.270 e. The number of methoxy groups -OCH3 is 1. The molecule has 0 spiro atoms. The summed E-state index contributed by atoms with van der Waals surface area (Å²) in [5.41, 5.74) is 3.30. The molecule has 1 saturated heterocycles. The molecule has 166 valence electrons. The molecule has 1 aliphatic rings. The molecule has 0 radical (unpaired) electrons. The van der Waals surface area contributed by atoms with E-state index in [-0.39, 0.29) is 12.0 Å². The average molecular weight is 432 g/mol. The van der Waals surface area contributed by atoms with Gasteiger partial charge < -0.3 is 19.7 Å². The number of likely N-dealkylation sites (tertiary alicyclic amines) is 1. The first-order chi connectivity index (χ1) is 15.6. The highest BCUT2D eigenvalue weighted by Gasteiger charge is 2.18. The lowest BCUT2D eigenvalue weighted by Gasteiger charge is -2.29. The summed E-state index contributed by atoms with van der Waals surface area (Å²) in [4.78, 5) is 19.2. The number of hydrogen-bond donors (Lipinski definition) is 1. The topological polar surface area (TPSA) is 63.7 Å². The number of benzene rings is 2. The number of nitrogens with one attached hydrogen (secondary N) is 1. The van der Waals surface area contributed by atoms with E-state index in [2.05, 4.69) is 22.2 Å². The Morgan fingerprint density at radius 1 is 1.03 bits per heavy atom. The summed E-state index contributed by atoms with van der Waals surface area (Å²) >= 11 is 0. The van der Waals surface area contributed by atoms with Crippen LogP contribution in [-0.4, -0.2) is 49.1 Å². The molecule has 6 heteroatoms. The molecule has 2 aromatic carbocycles. The van der Waals surface area contributed by atoms with Gasteiger partial charge in [-0.2, -0.15) is 0 Å². The molecule has 1 amide bonds. The molecular formula is C26H29N3O3. The number of hydrogen-bond acceptors (Lipinski definition) is 5. The number of rotatable bonds is 7. The van der Waals surface area contributed by atoms with Gasteiger partial charge in [-0.15, -0.1) is 0 Å². The molecule has 1 fully saturated rings. The largest absolute Gasteiger partial charge is 0.497 e. The number of pyridine rings is 1. The number of amides is 1. The lowest BCUT2D eigenvalue weighted by Crippen LogP contribution is -2.35. The van der Waals surface area contributed by atoms with Crippen molar-refractivity contribution in [1.29, 1.82) is 0 Å². The summed E-state index contributed by atoms with van der Waals surface area (Å²) in [7, 11) is 3.78. The van der Waals surface area contributed by atoms with Crippen molar-refractivity contribution in [3.8, 4) is 22.6 Å². The van der Waals surface area contributed by atoms with Crippen LogP contribution in [-0.2, 0) is 6.54 Å². The van der Waals surface area contributed by atoms with Crippen LogP contribution in [0.25, 0.3) is 11.1 Å². The number of carbonyl (C=O) groups is 1. The van der Waals surface area contributed by atoms with Gasteiger partial charge in [-0.05, 0) is 61.3 Å². The third kappa shape index (κ3) is 5.65. The summed E-state index contributed by atoms with van der Waals surface area (Å²) in [6, 6.07) is 19.3. The third-order valence-corrected chi connectivity index (χ3v) is 5.72. The van der Waals surface area contributed by atoms with Gasteiger partial charge in [0.2, 0.25) is 0 Å². The first-order valence-electron chi connectivity index (χ1n) is 10.9. The van der Waals surface area contributed by atoms with Crippen molar-refractivity contribution in [1.82, 2.24) is 15.2 Å². The van der Waals surface area contributed by atoms with E-state index >= 15 is 0 Å². The van der Waals surface area contributed by atoms with Gasteiger partial charge in [-0.25, -0.2) is 0 Å². The zero-order chi connectivity index (χ0) is 22.3. The summed E-state index contributed by atoms with van der Waals surface area (Å²) < 4.78 is 11.4. The fourth-order valence-electron chi connectivity index (χ4n) is 3.80. The van der Waals surface area contributed by atoms with E-state index in [1.165, 1.54) is 0 Å². The monoisotopic (exact) mass is 431 g/mol. The summed E-state index contributed by atoms with van der Waals surface area (Å²) in [6.07, 6.45) is 4.03. The van der Waals surface area contributed by atoms with E-state index in [0.717, 1.165) is 54.1 Å². The highest BCUT2D eigenvalue weighted by atomic mass is 16.5. The summed E-state index contributed by atoms with van der Waals surface area (Å²) in [5.74, 6) is 1.43. The van der Waals surface area contributed by atoms with Crippen molar-refractivity contribution in [2.75, 3.05) is 27.2 Å². The van der Waals surface area contributed by atoms with E-state index in [4.69, 9.17) is 9.47 Å². The standard InChI is InChI=1S/C26H29N3O3/c1-29-13-11-22(12-14-29)32-24-8-3-5-19(15-24)17-28-26(30)25-10-9-21(18-27-25)20-6-4-7-23(16-20)31-2/h3-10,15-16,18,22H,11-14,17H2,1-2H3,(H,28,30). The van der Waals surface area contributed by atoms with Gasteiger partial charge in [-0.1, -0.05) is 30.3 Å². The van der Waals surface area contributed by atoms with Crippen molar-refractivity contribution in [2.45, 2.75) is 25.5 Å². The van der Waals surface area contributed by atoms with E-state index in [0.29, 0.717) is 12.2 Å². The second-order valence-electron chi connectivity index (χ2n) is 8.11. The Balaban J connectivity index is 1.33.